The first-order valence-corrected chi connectivity index (χ1v) is 7.76. The van der Waals surface area contributed by atoms with Crippen LogP contribution in [-0.2, 0) is 18.3 Å². The minimum atomic E-state index is 0. The van der Waals surface area contributed by atoms with Gasteiger partial charge >= 0.3 is 0 Å². The van der Waals surface area contributed by atoms with Gasteiger partial charge in [-0.15, -0.1) is 24.0 Å². The fourth-order valence-electron chi connectivity index (χ4n) is 2.42. The zero-order valence-corrected chi connectivity index (χ0v) is 16.5. The smallest absolute Gasteiger partial charge is 0.191 e. The number of aromatic nitrogens is 3. The van der Waals surface area contributed by atoms with Crippen LogP contribution in [0.2, 0.25) is 0 Å². The van der Waals surface area contributed by atoms with E-state index in [1.165, 1.54) is 0 Å². The van der Waals surface area contributed by atoms with Gasteiger partial charge < -0.3 is 15.4 Å². The van der Waals surface area contributed by atoms with Crippen molar-refractivity contribution >= 4 is 29.9 Å². The summed E-state index contributed by atoms with van der Waals surface area (Å²) in [6, 6.07) is 0. The number of nitrogens with zero attached hydrogens (tertiary/aromatic N) is 5. The van der Waals surface area contributed by atoms with Crippen LogP contribution in [0.5, 0.6) is 0 Å². The van der Waals surface area contributed by atoms with Crippen LogP contribution in [0.3, 0.4) is 0 Å². The van der Waals surface area contributed by atoms with Gasteiger partial charge in [0.1, 0.15) is 12.2 Å². The SMILES string of the molecule is CN=C(NCc1ncnn1C)NCC(C)CN1CCOCC1.I. The van der Waals surface area contributed by atoms with E-state index in [1.807, 2.05) is 7.05 Å². The molecule has 1 fully saturated rings. The van der Waals surface area contributed by atoms with Gasteiger partial charge in [-0.05, 0) is 5.92 Å². The van der Waals surface area contributed by atoms with Crippen molar-refractivity contribution in [3.05, 3.63) is 12.2 Å². The van der Waals surface area contributed by atoms with E-state index in [0.717, 1.165) is 51.2 Å². The summed E-state index contributed by atoms with van der Waals surface area (Å²) in [7, 11) is 3.66. The Labute approximate surface area is 155 Å². The van der Waals surface area contributed by atoms with E-state index in [9.17, 15) is 0 Å². The van der Waals surface area contributed by atoms with Crippen molar-refractivity contribution in [2.24, 2.45) is 18.0 Å². The van der Waals surface area contributed by atoms with Crippen molar-refractivity contribution in [2.45, 2.75) is 13.5 Å². The van der Waals surface area contributed by atoms with Crippen molar-refractivity contribution < 1.29 is 4.74 Å². The first kappa shape index (κ1) is 20.1. The van der Waals surface area contributed by atoms with Gasteiger partial charge in [0.2, 0.25) is 0 Å². The lowest BCUT2D eigenvalue weighted by molar-refractivity contribution is 0.0320. The van der Waals surface area contributed by atoms with Crippen LogP contribution in [0.1, 0.15) is 12.7 Å². The molecular formula is C14H28IN7O. The van der Waals surface area contributed by atoms with Gasteiger partial charge in [0, 0.05) is 40.3 Å². The molecular weight excluding hydrogens is 409 g/mol. The molecule has 0 amide bonds. The zero-order valence-electron chi connectivity index (χ0n) is 14.2. The summed E-state index contributed by atoms with van der Waals surface area (Å²) in [6.45, 7) is 8.58. The lowest BCUT2D eigenvalue weighted by atomic mass is 10.1. The third-order valence-electron chi connectivity index (χ3n) is 3.73. The molecule has 1 aromatic heterocycles. The molecule has 2 rings (SSSR count). The molecule has 1 aliphatic heterocycles. The second kappa shape index (κ2) is 10.8. The number of halogens is 1. The molecule has 23 heavy (non-hydrogen) atoms. The van der Waals surface area contributed by atoms with Crippen LogP contribution in [0, 0.1) is 5.92 Å². The number of morpholine rings is 1. The highest BCUT2D eigenvalue weighted by Crippen LogP contribution is 2.02. The Kier molecular flexibility index (Phi) is 9.41. The maximum atomic E-state index is 5.37. The maximum Gasteiger partial charge on any atom is 0.191 e. The van der Waals surface area contributed by atoms with Gasteiger partial charge in [0.05, 0.1) is 19.8 Å². The predicted octanol–water partition coefficient (Wildman–Crippen LogP) is 0.0664. The number of guanidine groups is 1. The molecule has 0 aromatic carbocycles. The summed E-state index contributed by atoms with van der Waals surface area (Å²) < 4.78 is 7.13. The Morgan fingerprint density at radius 1 is 1.39 bits per heavy atom. The molecule has 8 nitrogen and oxygen atoms in total. The number of ether oxygens (including phenoxy) is 1. The molecule has 0 aliphatic carbocycles. The van der Waals surface area contributed by atoms with E-state index in [-0.39, 0.29) is 24.0 Å². The van der Waals surface area contributed by atoms with E-state index in [1.54, 1.807) is 18.1 Å². The molecule has 1 aromatic rings. The van der Waals surface area contributed by atoms with Crippen molar-refractivity contribution in [1.82, 2.24) is 30.3 Å². The van der Waals surface area contributed by atoms with Crippen molar-refractivity contribution in [1.29, 1.82) is 0 Å². The number of hydrogen-bond donors (Lipinski definition) is 2. The fraction of sp³-hybridized carbons (Fsp3) is 0.786. The van der Waals surface area contributed by atoms with E-state index in [4.69, 9.17) is 4.74 Å². The molecule has 2 heterocycles. The Bertz CT molecular complexity index is 473. The minimum Gasteiger partial charge on any atom is -0.379 e. The molecule has 0 radical (unpaired) electrons. The van der Waals surface area contributed by atoms with Crippen LogP contribution in [0.25, 0.3) is 0 Å². The quantitative estimate of drug-likeness (QED) is 0.373. The highest BCUT2D eigenvalue weighted by atomic mass is 127. The van der Waals surface area contributed by atoms with E-state index in [2.05, 4.69) is 37.5 Å². The number of rotatable bonds is 6. The molecule has 2 N–H and O–H groups in total. The van der Waals surface area contributed by atoms with E-state index < -0.39 is 0 Å². The van der Waals surface area contributed by atoms with Gasteiger partial charge in [0.25, 0.3) is 0 Å². The monoisotopic (exact) mass is 437 g/mol. The standard InChI is InChI=1S/C14H27N7O.HI/c1-12(10-21-4-6-22-7-5-21)8-16-14(15-2)17-9-13-18-11-19-20(13)3;/h11-12H,4-10H2,1-3H3,(H2,15,16,17);1H. The van der Waals surface area contributed by atoms with Crippen molar-refractivity contribution in [3.63, 3.8) is 0 Å². The Balaban J connectivity index is 0.00000264. The lowest BCUT2D eigenvalue weighted by Crippen LogP contribution is -2.43. The van der Waals surface area contributed by atoms with Crippen LogP contribution in [0.4, 0.5) is 0 Å². The Morgan fingerprint density at radius 3 is 2.74 bits per heavy atom. The fourth-order valence-corrected chi connectivity index (χ4v) is 2.42. The first-order chi connectivity index (χ1) is 10.7. The first-order valence-electron chi connectivity index (χ1n) is 7.76. The molecule has 0 bridgehead atoms. The van der Waals surface area contributed by atoms with Gasteiger partial charge in [-0.3, -0.25) is 14.6 Å². The molecule has 1 atom stereocenters. The van der Waals surface area contributed by atoms with Crippen LogP contribution >= 0.6 is 24.0 Å². The zero-order chi connectivity index (χ0) is 15.8. The normalized spacial score (nSPS) is 17.4. The number of aliphatic imine (C=N–C) groups is 1. The highest BCUT2D eigenvalue weighted by molar-refractivity contribution is 14.0. The van der Waals surface area contributed by atoms with Gasteiger partial charge in [-0.1, -0.05) is 6.92 Å². The molecule has 9 heteroatoms. The van der Waals surface area contributed by atoms with E-state index >= 15 is 0 Å². The second-order valence-corrected chi connectivity index (χ2v) is 5.62. The predicted molar refractivity (Wildman–Crippen MR) is 101 cm³/mol. The van der Waals surface area contributed by atoms with Gasteiger partial charge in [0.15, 0.2) is 5.96 Å². The van der Waals surface area contributed by atoms with E-state index in [0.29, 0.717) is 12.5 Å². The van der Waals surface area contributed by atoms with Crippen LogP contribution in [0.15, 0.2) is 11.3 Å². The summed E-state index contributed by atoms with van der Waals surface area (Å²) in [4.78, 5) is 10.9. The number of hydrogen-bond acceptors (Lipinski definition) is 5. The van der Waals surface area contributed by atoms with Crippen molar-refractivity contribution in [2.75, 3.05) is 46.4 Å². The minimum absolute atomic E-state index is 0. The topological polar surface area (TPSA) is 79.6 Å². The molecule has 132 valence electrons. The van der Waals surface area contributed by atoms with Gasteiger partial charge in [-0.2, -0.15) is 5.10 Å². The molecule has 1 aliphatic rings. The Morgan fingerprint density at radius 2 is 2.13 bits per heavy atom. The number of aryl methyl sites for hydroxylation is 1. The molecule has 1 saturated heterocycles. The molecule has 1 unspecified atom stereocenters. The third kappa shape index (κ3) is 7.00. The average molecular weight is 437 g/mol. The third-order valence-corrected chi connectivity index (χ3v) is 3.73. The second-order valence-electron chi connectivity index (χ2n) is 5.62. The molecule has 0 spiro atoms. The summed E-state index contributed by atoms with van der Waals surface area (Å²) >= 11 is 0. The van der Waals surface area contributed by atoms with Crippen LogP contribution < -0.4 is 10.6 Å². The lowest BCUT2D eigenvalue weighted by Gasteiger charge is -2.29. The van der Waals surface area contributed by atoms with Crippen LogP contribution in [-0.4, -0.2) is 72.1 Å². The average Bonchev–Trinajstić information content (AvgIpc) is 2.94. The van der Waals surface area contributed by atoms with Gasteiger partial charge in [-0.25, -0.2) is 4.98 Å². The summed E-state index contributed by atoms with van der Waals surface area (Å²) in [5, 5.41) is 10.7. The molecule has 0 saturated carbocycles. The van der Waals surface area contributed by atoms with Crippen molar-refractivity contribution in [3.8, 4) is 0 Å². The summed E-state index contributed by atoms with van der Waals surface area (Å²) in [6.07, 6.45) is 1.55. The Hall–Kier alpha value is -0.940. The highest BCUT2D eigenvalue weighted by Gasteiger charge is 2.14. The summed E-state index contributed by atoms with van der Waals surface area (Å²) in [5.41, 5.74) is 0. The number of nitrogens with one attached hydrogen (secondary N) is 2. The largest absolute Gasteiger partial charge is 0.379 e. The summed E-state index contributed by atoms with van der Waals surface area (Å²) in [5.74, 6) is 2.22. The maximum absolute atomic E-state index is 5.37.